The predicted molar refractivity (Wildman–Crippen MR) is 86.1 cm³/mol. The molecule has 0 aliphatic heterocycles. The summed E-state index contributed by atoms with van der Waals surface area (Å²) in [4.78, 5) is 2.11. The van der Waals surface area contributed by atoms with E-state index in [4.69, 9.17) is 23.8 Å². The number of aromatic nitrogens is 3. The molecule has 0 spiro atoms. The second-order valence-corrected chi connectivity index (χ2v) is 5.95. The zero-order valence-corrected chi connectivity index (χ0v) is 13.7. The maximum Gasteiger partial charge on any atom is 0.226 e. The molecule has 0 aliphatic rings. The molecular formula is C14H19ClN4S. The van der Waals surface area contributed by atoms with Crippen LogP contribution in [0.25, 0.3) is 0 Å². The van der Waals surface area contributed by atoms with Gasteiger partial charge in [0.1, 0.15) is 0 Å². The summed E-state index contributed by atoms with van der Waals surface area (Å²) in [5, 5.41) is 7.96. The van der Waals surface area contributed by atoms with Crippen molar-refractivity contribution in [2.75, 3.05) is 11.9 Å². The van der Waals surface area contributed by atoms with Crippen LogP contribution in [0.15, 0.2) is 24.3 Å². The van der Waals surface area contributed by atoms with Gasteiger partial charge in [0.2, 0.25) is 5.95 Å². The second-order valence-electron chi connectivity index (χ2n) is 5.13. The van der Waals surface area contributed by atoms with E-state index < -0.39 is 0 Å². The van der Waals surface area contributed by atoms with Gasteiger partial charge in [-0.3, -0.25) is 4.57 Å². The normalized spacial score (nSPS) is 12.7. The van der Waals surface area contributed by atoms with E-state index in [1.165, 1.54) is 5.56 Å². The van der Waals surface area contributed by atoms with Crippen LogP contribution in [-0.2, 0) is 0 Å². The molecule has 20 heavy (non-hydrogen) atoms. The minimum absolute atomic E-state index is 0.176. The molecule has 0 fully saturated rings. The summed E-state index contributed by atoms with van der Waals surface area (Å²) in [7, 11) is 2.02. The molecule has 0 saturated heterocycles. The lowest BCUT2D eigenvalue weighted by atomic mass is 10.1. The molecular weight excluding hydrogens is 292 g/mol. The summed E-state index contributed by atoms with van der Waals surface area (Å²) in [5.41, 5.74) is 1.18. The Balaban J connectivity index is 2.33. The smallest absolute Gasteiger partial charge is 0.226 e. The standard InChI is InChI=1S/C14H19ClN4S/c1-9(2)19-13(16-17-14(19)20)18(4)10(3)11-5-7-12(15)8-6-11/h5-10H,1-4H3,(H,17,20). The maximum atomic E-state index is 5.93. The van der Waals surface area contributed by atoms with E-state index in [0.717, 1.165) is 11.0 Å². The Morgan fingerprint density at radius 3 is 2.40 bits per heavy atom. The third-order valence-electron chi connectivity index (χ3n) is 3.45. The molecule has 108 valence electrons. The lowest BCUT2D eigenvalue weighted by Gasteiger charge is -2.27. The topological polar surface area (TPSA) is 36.9 Å². The Hall–Kier alpha value is -1.33. The van der Waals surface area contributed by atoms with Crippen molar-refractivity contribution in [2.45, 2.75) is 32.9 Å². The molecule has 0 aliphatic carbocycles. The first-order chi connectivity index (χ1) is 9.41. The first-order valence-corrected chi connectivity index (χ1v) is 7.35. The Labute approximate surface area is 129 Å². The van der Waals surface area contributed by atoms with Crippen LogP contribution >= 0.6 is 23.8 Å². The number of nitrogens with one attached hydrogen (secondary N) is 1. The van der Waals surface area contributed by atoms with Gasteiger partial charge in [0.15, 0.2) is 4.77 Å². The number of halogens is 1. The number of benzene rings is 1. The number of aromatic amines is 1. The highest BCUT2D eigenvalue weighted by molar-refractivity contribution is 7.71. The minimum Gasteiger partial charge on any atom is -0.337 e. The van der Waals surface area contributed by atoms with Crippen LogP contribution in [0.4, 0.5) is 5.95 Å². The van der Waals surface area contributed by atoms with Gasteiger partial charge in [0.05, 0.1) is 6.04 Å². The number of anilines is 1. The van der Waals surface area contributed by atoms with Gasteiger partial charge < -0.3 is 4.90 Å². The van der Waals surface area contributed by atoms with Gasteiger partial charge in [0, 0.05) is 18.1 Å². The third-order valence-corrected chi connectivity index (χ3v) is 3.99. The zero-order valence-electron chi connectivity index (χ0n) is 12.1. The van der Waals surface area contributed by atoms with Crippen LogP contribution in [0.3, 0.4) is 0 Å². The summed E-state index contributed by atoms with van der Waals surface area (Å²) < 4.78 is 2.66. The van der Waals surface area contributed by atoms with E-state index >= 15 is 0 Å². The third kappa shape index (κ3) is 2.88. The molecule has 2 aromatic rings. The van der Waals surface area contributed by atoms with E-state index in [9.17, 15) is 0 Å². The Morgan fingerprint density at radius 1 is 1.25 bits per heavy atom. The van der Waals surface area contributed by atoms with Crippen molar-refractivity contribution >= 4 is 29.8 Å². The highest BCUT2D eigenvalue weighted by Gasteiger charge is 2.19. The SMILES string of the molecule is CC(c1ccc(Cl)cc1)N(C)c1n[nH]c(=S)n1C(C)C. The van der Waals surface area contributed by atoms with Gasteiger partial charge >= 0.3 is 0 Å². The molecule has 0 saturated carbocycles. The highest BCUT2D eigenvalue weighted by Crippen LogP contribution is 2.26. The Morgan fingerprint density at radius 2 is 1.85 bits per heavy atom. The van der Waals surface area contributed by atoms with Gasteiger partial charge in [-0.25, -0.2) is 5.10 Å². The van der Waals surface area contributed by atoms with Gasteiger partial charge in [-0.15, -0.1) is 5.10 Å². The van der Waals surface area contributed by atoms with Gasteiger partial charge in [-0.05, 0) is 50.7 Å². The largest absolute Gasteiger partial charge is 0.337 e. The summed E-state index contributed by atoms with van der Waals surface area (Å²) in [5.74, 6) is 0.840. The molecule has 0 bridgehead atoms. The monoisotopic (exact) mass is 310 g/mol. The minimum atomic E-state index is 0.176. The van der Waals surface area contributed by atoms with Gasteiger partial charge in [0.25, 0.3) is 0 Å². The predicted octanol–water partition coefficient (Wildman–Crippen LogP) is 4.37. The lowest BCUT2D eigenvalue weighted by molar-refractivity contribution is 0.571. The lowest BCUT2D eigenvalue weighted by Crippen LogP contribution is -2.25. The molecule has 1 unspecified atom stereocenters. The summed E-state index contributed by atoms with van der Waals surface area (Å²) in [6.45, 7) is 6.32. The van der Waals surface area contributed by atoms with Crippen LogP contribution in [0.5, 0.6) is 0 Å². The first kappa shape index (κ1) is 15.1. The fraction of sp³-hybridized carbons (Fsp3) is 0.429. The van der Waals surface area contributed by atoms with Crippen molar-refractivity contribution < 1.29 is 0 Å². The summed E-state index contributed by atoms with van der Waals surface area (Å²) in [6, 6.07) is 8.31. The summed E-state index contributed by atoms with van der Waals surface area (Å²) in [6.07, 6.45) is 0. The van der Waals surface area contributed by atoms with Crippen LogP contribution in [-0.4, -0.2) is 21.8 Å². The molecule has 2 rings (SSSR count). The van der Waals surface area contributed by atoms with Crippen LogP contribution < -0.4 is 4.90 Å². The molecule has 6 heteroatoms. The first-order valence-electron chi connectivity index (χ1n) is 6.57. The molecule has 1 N–H and O–H groups in total. The van der Waals surface area contributed by atoms with E-state index in [2.05, 4.69) is 35.9 Å². The maximum absolute atomic E-state index is 5.93. The Kier molecular flexibility index (Phi) is 4.50. The van der Waals surface area contributed by atoms with Crippen molar-refractivity contribution in [1.82, 2.24) is 14.8 Å². The number of rotatable bonds is 4. The van der Waals surface area contributed by atoms with E-state index in [1.807, 2.05) is 35.9 Å². The summed E-state index contributed by atoms with van der Waals surface area (Å²) >= 11 is 11.2. The average Bonchev–Trinajstić information content (AvgIpc) is 2.80. The molecule has 0 radical (unpaired) electrons. The van der Waals surface area contributed by atoms with E-state index in [-0.39, 0.29) is 12.1 Å². The van der Waals surface area contributed by atoms with Crippen molar-refractivity contribution in [3.05, 3.63) is 39.6 Å². The Bertz CT molecular complexity index is 629. The van der Waals surface area contributed by atoms with Crippen LogP contribution in [0.1, 0.15) is 38.4 Å². The number of hydrogen-bond donors (Lipinski definition) is 1. The second kappa shape index (κ2) is 5.97. The zero-order chi connectivity index (χ0) is 14.9. The quantitative estimate of drug-likeness (QED) is 0.852. The van der Waals surface area contributed by atoms with Crippen LogP contribution in [0.2, 0.25) is 5.02 Å². The van der Waals surface area contributed by atoms with Crippen molar-refractivity contribution in [1.29, 1.82) is 0 Å². The molecule has 1 aromatic heterocycles. The molecule has 1 heterocycles. The van der Waals surface area contributed by atoms with Crippen molar-refractivity contribution in [3.63, 3.8) is 0 Å². The fourth-order valence-corrected chi connectivity index (χ4v) is 2.61. The molecule has 4 nitrogen and oxygen atoms in total. The van der Waals surface area contributed by atoms with Crippen molar-refractivity contribution in [3.8, 4) is 0 Å². The van der Waals surface area contributed by atoms with Crippen molar-refractivity contribution in [2.24, 2.45) is 0 Å². The van der Waals surface area contributed by atoms with E-state index in [0.29, 0.717) is 4.77 Å². The fourth-order valence-electron chi connectivity index (χ4n) is 2.15. The molecule has 1 atom stereocenters. The van der Waals surface area contributed by atoms with Gasteiger partial charge in [-0.2, -0.15) is 0 Å². The van der Waals surface area contributed by atoms with Gasteiger partial charge in [-0.1, -0.05) is 23.7 Å². The van der Waals surface area contributed by atoms with E-state index in [1.54, 1.807) is 0 Å². The number of hydrogen-bond acceptors (Lipinski definition) is 3. The van der Waals surface area contributed by atoms with Crippen LogP contribution in [0, 0.1) is 4.77 Å². The number of H-pyrrole nitrogens is 1. The average molecular weight is 311 g/mol. The highest BCUT2D eigenvalue weighted by atomic mass is 35.5. The molecule has 1 aromatic carbocycles. The molecule has 0 amide bonds. The number of nitrogens with zero attached hydrogens (tertiary/aromatic N) is 3.